The average Bonchev–Trinajstić information content (AvgIpc) is 3.05. The molecule has 0 atom stereocenters. The van der Waals surface area contributed by atoms with E-state index >= 15 is 0 Å². The zero-order chi connectivity index (χ0) is 22.1. The van der Waals surface area contributed by atoms with E-state index in [0.717, 1.165) is 12.1 Å². The van der Waals surface area contributed by atoms with Crippen molar-refractivity contribution in [1.29, 1.82) is 0 Å². The zero-order valence-electron chi connectivity index (χ0n) is 16.5. The number of aromatic nitrogens is 2. The Morgan fingerprint density at radius 3 is 2.30 bits per heavy atom. The highest BCUT2D eigenvalue weighted by atomic mass is 32.2. The highest BCUT2D eigenvalue weighted by molar-refractivity contribution is 7.89. The number of alkyl halides is 3. The first kappa shape index (κ1) is 22.3. The summed E-state index contributed by atoms with van der Waals surface area (Å²) in [6.07, 6.45) is -2.36. The molecule has 30 heavy (non-hydrogen) atoms. The number of esters is 1. The molecule has 7 nitrogen and oxygen atoms in total. The lowest BCUT2D eigenvalue weighted by Gasteiger charge is -2.29. The highest BCUT2D eigenvalue weighted by Gasteiger charge is 2.34. The number of aryl methyl sites for hydroxylation is 2. The van der Waals surface area contributed by atoms with Crippen LogP contribution in [0.1, 0.15) is 29.8 Å². The average molecular weight is 445 g/mol. The Bertz CT molecular complexity index is 989. The highest BCUT2D eigenvalue weighted by Crippen LogP contribution is 2.29. The smallest absolute Gasteiger partial charge is 0.416 e. The van der Waals surface area contributed by atoms with E-state index in [1.54, 1.807) is 18.5 Å². The van der Waals surface area contributed by atoms with E-state index in [1.807, 2.05) is 0 Å². The Kier molecular flexibility index (Phi) is 6.23. The van der Waals surface area contributed by atoms with Crippen molar-refractivity contribution in [3.8, 4) is 0 Å². The van der Waals surface area contributed by atoms with Gasteiger partial charge in [-0.25, -0.2) is 13.4 Å². The minimum atomic E-state index is -4.42. The van der Waals surface area contributed by atoms with E-state index in [1.165, 1.54) is 22.6 Å². The predicted octanol–water partition coefficient (Wildman–Crippen LogP) is 2.89. The molecule has 0 unspecified atom stereocenters. The summed E-state index contributed by atoms with van der Waals surface area (Å²) in [7, 11) is -2.02. The van der Waals surface area contributed by atoms with Crippen LogP contribution in [-0.2, 0) is 39.4 Å². The van der Waals surface area contributed by atoms with Gasteiger partial charge in [-0.05, 0) is 37.5 Å². The summed E-state index contributed by atoms with van der Waals surface area (Å²) in [6, 6.07) is 4.40. The molecule has 1 aliphatic rings. The van der Waals surface area contributed by atoms with Crippen LogP contribution in [0.4, 0.5) is 13.2 Å². The summed E-state index contributed by atoms with van der Waals surface area (Å²) in [4.78, 5) is 16.4. The molecule has 0 aliphatic carbocycles. The molecule has 0 radical (unpaired) electrons. The van der Waals surface area contributed by atoms with Crippen molar-refractivity contribution in [1.82, 2.24) is 13.9 Å². The van der Waals surface area contributed by atoms with Gasteiger partial charge in [-0.3, -0.25) is 4.79 Å². The topological polar surface area (TPSA) is 81.5 Å². The van der Waals surface area contributed by atoms with Crippen LogP contribution < -0.4 is 0 Å². The number of sulfonamides is 1. The van der Waals surface area contributed by atoms with Crippen LogP contribution in [0, 0.1) is 12.8 Å². The zero-order valence-corrected chi connectivity index (χ0v) is 17.3. The molecule has 0 saturated carbocycles. The Morgan fingerprint density at radius 1 is 1.20 bits per heavy atom. The van der Waals surface area contributed by atoms with Gasteiger partial charge in [0, 0.05) is 26.3 Å². The van der Waals surface area contributed by atoms with Crippen LogP contribution in [0.2, 0.25) is 0 Å². The molecule has 0 spiro atoms. The summed E-state index contributed by atoms with van der Waals surface area (Å²) in [5, 5.41) is -0.0224. The van der Waals surface area contributed by atoms with Gasteiger partial charge < -0.3 is 9.30 Å². The molecule has 0 amide bonds. The molecular formula is C19H22F3N3O4S. The fourth-order valence-corrected chi connectivity index (χ4v) is 4.67. The molecule has 1 saturated heterocycles. The van der Waals surface area contributed by atoms with Gasteiger partial charge in [0.05, 0.1) is 11.5 Å². The van der Waals surface area contributed by atoms with E-state index in [-0.39, 0.29) is 24.7 Å². The van der Waals surface area contributed by atoms with Gasteiger partial charge in [-0.15, -0.1) is 0 Å². The molecule has 11 heteroatoms. The summed E-state index contributed by atoms with van der Waals surface area (Å²) < 4.78 is 71.3. The number of benzene rings is 1. The van der Waals surface area contributed by atoms with Crippen LogP contribution in [0.5, 0.6) is 0 Å². The lowest BCUT2D eigenvalue weighted by molar-refractivity contribution is -0.151. The fourth-order valence-electron chi connectivity index (χ4n) is 3.18. The number of carbonyl (C=O) groups is 1. The number of nitrogens with zero attached hydrogens (tertiary/aromatic N) is 3. The second-order valence-corrected chi connectivity index (χ2v) is 9.10. The molecule has 0 N–H and O–H groups in total. The quantitative estimate of drug-likeness (QED) is 0.661. The molecule has 3 rings (SSSR count). The standard InChI is InChI=1S/C19H22F3N3O4S/c1-13-23-17(11-24(13)2)30(27,28)25-9-7-15(8-10-25)18(26)29-12-14-3-5-16(6-4-14)19(20,21)22/h3-6,11,15H,7-10,12H2,1-2H3. The van der Waals surface area contributed by atoms with Crippen molar-refractivity contribution in [3.05, 3.63) is 47.4 Å². The number of hydrogen-bond donors (Lipinski definition) is 0. The van der Waals surface area contributed by atoms with Gasteiger partial charge in [-0.2, -0.15) is 17.5 Å². The second-order valence-electron chi connectivity index (χ2n) is 7.22. The first-order valence-electron chi connectivity index (χ1n) is 9.31. The molecule has 1 aromatic heterocycles. The van der Waals surface area contributed by atoms with E-state index in [2.05, 4.69) is 4.98 Å². The molecule has 1 aliphatic heterocycles. The molecular weight excluding hydrogens is 423 g/mol. The first-order chi connectivity index (χ1) is 14.0. The van der Waals surface area contributed by atoms with Crippen LogP contribution in [0.15, 0.2) is 35.5 Å². The molecule has 2 heterocycles. The van der Waals surface area contributed by atoms with Gasteiger partial charge >= 0.3 is 12.1 Å². The Morgan fingerprint density at radius 2 is 1.80 bits per heavy atom. The van der Waals surface area contributed by atoms with Crippen LogP contribution >= 0.6 is 0 Å². The van der Waals surface area contributed by atoms with E-state index in [9.17, 15) is 26.4 Å². The lowest BCUT2D eigenvalue weighted by Crippen LogP contribution is -2.40. The number of halogens is 3. The number of piperidine rings is 1. The van der Waals surface area contributed by atoms with Crippen molar-refractivity contribution in [2.45, 2.75) is 37.6 Å². The number of hydrogen-bond acceptors (Lipinski definition) is 5. The van der Waals surface area contributed by atoms with E-state index < -0.39 is 33.7 Å². The maximum Gasteiger partial charge on any atom is 0.416 e. The molecule has 164 valence electrons. The second kappa shape index (κ2) is 8.38. The summed E-state index contributed by atoms with van der Waals surface area (Å²) in [5.74, 6) is -0.368. The fraction of sp³-hybridized carbons (Fsp3) is 0.474. The van der Waals surface area contributed by atoms with Crippen LogP contribution in [-0.4, -0.2) is 41.3 Å². The normalized spacial score (nSPS) is 16.6. The minimum Gasteiger partial charge on any atom is -0.461 e. The number of imidazole rings is 1. The van der Waals surface area contributed by atoms with Crippen molar-refractivity contribution in [2.24, 2.45) is 13.0 Å². The van der Waals surface area contributed by atoms with Gasteiger partial charge in [0.2, 0.25) is 0 Å². The van der Waals surface area contributed by atoms with Crippen molar-refractivity contribution >= 4 is 16.0 Å². The molecule has 2 aromatic rings. The summed E-state index contributed by atoms with van der Waals surface area (Å²) in [5.41, 5.74) is -0.323. The third-order valence-corrected chi connectivity index (χ3v) is 6.91. The molecule has 1 fully saturated rings. The SMILES string of the molecule is Cc1nc(S(=O)(=O)N2CCC(C(=O)OCc3ccc(C(F)(F)F)cc3)CC2)cn1C. The Balaban J connectivity index is 1.53. The van der Waals surface area contributed by atoms with E-state index in [0.29, 0.717) is 24.2 Å². The monoisotopic (exact) mass is 445 g/mol. The van der Waals surface area contributed by atoms with Gasteiger partial charge in [0.15, 0.2) is 5.03 Å². The first-order valence-corrected chi connectivity index (χ1v) is 10.8. The maximum atomic E-state index is 12.7. The van der Waals surface area contributed by atoms with Gasteiger partial charge in [-0.1, -0.05) is 12.1 Å². The van der Waals surface area contributed by atoms with Crippen molar-refractivity contribution in [3.63, 3.8) is 0 Å². The lowest BCUT2D eigenvalue weighted by atomic mass is 9.98. The minimum absolute atomic E-state index is 0.0224. The van der Waals surface area contributed by atoms with Gasteiger partial charge in [0.1, 0.15) is 12.4 Å². The van der Waals surface area contributed by atoms with Crippen molar-refractivity contribution < 1.29 is 31.1 Å². The van der Waals surface area contributed by atoms with E-state index in [4.69, 9.17) is 4.74 Å². The molecule has 1 aromatic carbocycles. The largest absolute Gasteiger partial charge is 0.461 e. The van der Waals surface area contributed by atoms with Crippen LogP contribution in [0.3, 0.4) is 0 Å². The third kappa shape index (κ3) is 4.84. The Labute approximate surface area is 172 Å². The number of carbonyl (C=O) groups excluding carboxylic acids is 1. The van der Waals surface area contributed by atoms with Crippen molar-refractivity contribution in [2.75, 3.05) is 13.1 Å². The molecule has 0 bridgehead atoms. The third-order valence-electron chi connectivity index (χ3n) is 5.14. The number of ether oxygens (including phenoxy) is 1. The van der Waals surface area contributed by atoms with Crippen LogP contribution in [0.25, 0.3) is 0 Å². The number of rotatable bonds is 5. The van der Waals surface area contributed by atoms with Gasteiger partial charge in [0.25, 0.3) is 10.0 Å². The predicted molar refractivity (Wildman–Crippen MR) is 101 cm³/mol. The summed E-state index contributed by atoms with van der Waals surface area (Å²) in [6.45, 7) is 1.90. The maximum absolute atomic E-state index is 12.7. The summed E-state index contributed by atoms with van der Waals surface area (Å²) >= 11 is 0. The Hall–Kier alpha value is -2.40.